The van der Waals surface area contributed by atoms with Crippen LogP contribution in [0.5, 0.6) is 0 Å². The van der Waals surface area contributed by atoms with Crippen LogP contribution in [0.3, 0.4) is 0 Å². The molecule has 0 unspecified atom stereocenters. The molecule has 0 radical (unpaired) electrons. The minimum Gasteiger partial charge on any atom is -0.440 e. The molecule has 0 saturated carbocycles. The molecule has 1 aliphatic rings. The van der Waals surface area contributed by atoms with Gasteiger partial charge in [0.25, 0.3) is 0 Å². The minimum absolute atomic E-state index is 0.696. The molecule has 0 bridgehead atoms. The molecule has 1 atom stereocenters. The molecule has 4 heterocycles. The van der Waals surface area contributed by atoms with Gasteiger partial charge >= 0.3 is 0 Å². The van der Waals surface area contributed by atoms with Crippen LogP contribution < -0.4 is 0 Å². The number of aryl methyl sites for hydroxylation is 3. The van der Waals surface area contributed by atoms with E-state index in [0.29, 0.717) is 5.76 Å². The number of oxazole rings is 1. The van der Waals surface area contributed by atoms with Crippen molar-refractivity contribution < 1.29 is 4.42 Å². The van der Waals surface area contributed by atoms with Gasteiger partial charge in [0.1, 0.15) is 0 Å². The molecular weight excluding hydrogens is 452 g/mol. The third-order valence-electron chi connectivity index (χ3n) is 6.40. The van der Waals surface area contributed by atoms with Gasteiger partial charge in [-0.25, -0.2) is 9.97 Å². The predicted molar refractivity (Wildman–Crippen MR) is 134 cm³/mol. The molecule has 4 aromatic rings. The Balaban J connectivity index is 1.04. The van der Waals surface area contributed by atoms with Crippen molar-refractivity contribution in [2.75, 3.05) is 25.4 Å². The third-order valence-corrected chi connectivity index (χ3v) is 8.44. The van der Waals surface area contributed by atoms with E-state index in [1.165, 1.54) is 49.0 Å². The third kappa shape index (κ3) is 5.15. The summed E-state index contributed by atoms with van der Waals surface area (Å²) in [7, 11) is 1.98. The van der Waals surface area contributed by atoms with Gasteiger partial charge in [0.2, 0.25) is 5.82 Å². The summed E-state index contributed by atoms with van der Waals surface area (Å²) < 4.78 is 8.78. The lowest BCUT2D eigenvalue weighted by molar-refractivity contribution is 0.322. The second-order valence-electron chi connectivity index (χ2n) is 8.86. The van der Waals surface area contributed by atoms with Gasteiger partial charge in [0, 0.05) is 19.3 Å². The topological polar surface area (TPSA) is 72.9 Å². The second kappa shape index (κ2) is 9.95. The highest BCUT2D eigenvalue weighted by atomic mass is 32.2. The summed E-state index contributed by atoms with van der Waals surface area (Å²) in [5, 5.41) is 10.7. The maximum atomic E-state index is 5.46. The SMILES string of the molecule is Cc1nc2ccc(CC[C@H]3CCN(CCCSc4nnc(-c5ocnc5C)n4C)C3)cc2s1. The molecule has 5 rings (SSSR count). The molecule has 1 fully saturated rings. The fourth-order valence-corrected chi connectivity index (χ4v) is 6.29. The maximum absolute atomic E-state index is 5.46. The largest absolute Gasteiger partial charge is 0.440 e. The molecular formula is C24H30N6OS2. The van der Waals surface area contributed by atoms with Crippen molar-refractivity contribution in [2.45, 2.75) is 44.7 Å². The van der Waals surface area contributed by atoms with Gasteiger partial charge in [0.15, 0.2) is 17.3 Å². The monoisotopic (exact) mass is 482 g/mol. The van der Waals surface area contributed by atoms with E-state index in [2.05, 4.69) is 50.2 Å². The Bertz CT molecular complexity index is 1230. The lowest BCUT2D eigenvalue weighted by Crippen LogP contribution is -2.22. The van der Waals surface area contributed by atoms with E-state index in [0.717, 1.165) is 51.8 Å². The van der Waals surface area contributed by atoms with Crippen molar-refractivity contribution in [3.8, 4) is 11.6 Å². The van der Waals surface area contributed by atoms with Gasteiger partial charge in [0.05, 0.1) is 20.9 Å². The van der Waals surface area contributed by atoms with Crippen LogP contribution >= 0.6 is 23.1 Å². The van der Waals surface area contributed by atoms with Crippen molar-refractivity contribution >= 4 is 33.3 Å². The highest BCUT2D eigenvalue weighted by molar-refractivity contribution is 7.99. The molecule has 33 heavy (non-hydrogen) atoms. The number of hydrogen-bond acceptors (Lipinski definition) is 8. The molecule has 1 aromatic carbocycles. The van der Waals surface area contributed by atoms with Crippen LogP contribution in [-0.4, -0.2) is 55.0 Å². The molecule has 0 N–H and O–H groups in total. The first-order chi connectivity index (χ1) is 16.1. The Kier molecular flexibility index (Phi) is 6.80. The molecule has 3 aromatic heterocycles. The van der Waals surface area contributed by atoms with E-state index in [1.54, 1.807) is 23.1 Å². The zero-order valence-corrected chi connectivity index (χ0v) is 21.1. The van der Waals surface area contributed by atoms with Crippen LogP contribution in [0.2, 0.25) is 0 Å². The first-order valence-corrected chi connectivity index (χ1v) is 13.4. The van der Waals surface area contributed by atoms with Crippen LogP contribution in [0.4, 0.5) is 0 Å². The van der Waals surface area contributed by atoms with Gasteiger partial charge < -0.3 is 13.9 Å². The van der Waals surface area contributed by atoms with Crippen molar-refractivity contribution in [3.63, 3.8) is 0 Å². The summed E-state index contributed by atoms with van der Waals surface area (Å²) in [5.74, 6) is 3.28. The average Bonchev–Trinajstić information content (AvgIpc) is 3.57. The minimum atomic E-state index is 0.696. The van der Waals surface area contributed by atoms with Crippen LogP contribution in [0.15, 0.2) is 34.2 Å². The highest BCUT2D eigenvalue weighted by Crippen LogP contribution is 2.27. The van der Waals surface area contributed by atoms with Crippen molar-refractivity contribution in [2.24, 2.45) is 13.0 Å². The van der Waals surface area contributed by atoms with Crippen LogP contribution in [-0.2, 0) is 13.5 Å². The van der Waals surface area contributed by atoms with Gasteiger partial charge in [-0.1, -0.05) is 17.8 Å². The van der Waals surface area contributed by atoms with Gasteiger partial charge in [-0.3, -0.25) is 0 Å². The Morgan fingerprint density at radius 1 is 1.24 bits per heavy atom. The number of thiazole rings is 1. The standard InChI is InChI=1S/C24H30N6OS2/c1-16-22(31-15-25-16)23-27-28-24(29(23)3)32-12-4-10-30-11-9-19(14-30)6-5-18-7-8-20-21(13-18)33-17(2)26-20/h7-8,13,15,19H,4-6,9-12,14H2,1-3H3/t19-/m0/s1. The summed E-state index contributed by atoms with van der Waals surface area (Å²) in [6.07, 6.45) is 6.37. The molecule has 7 nitrogen and oxygen atoms in total. The fourth-order valence-electron chi connectivity index (χ4n) is 4.57. The number of fused-ring (bicyclic) bond motifs is 1. The smallest absolute Gasteiger partial charge is 0.202 e. The Morgan fingerprint density at radius 3 is 3.00 bits per heavy atom. The molecule has 1 saturated heterocycles. The number of rotatable bonds is 9. The van der Waals surface area contributed by atoms with E-state index >= 15 is 0 Å². The van der Waals surface area contributed by atoms with Gasteiger partial charge in [-0.05, 0) is 76.2 Å². The Labute approximate surface area is 202 Å². The zero-order chi connectivity index (χ0) is 22.8. The molecule has 9 heteroatoms. The van der Waals surface area contributed by atoms with E-state index in [9.17, 15) is 0 Å². The predicted octanol–water partition coefficient (Wildman–Crippen LogP) is 5.13. The summed E-state index contributed by atoms with van der Waals surface area (Å²) in [4.78, 5) is 11.3. The normalized spacial score (nSPS) is 16.9. The van der Waals surface area contributed by atoms with Crippen LogP contribution in [0.25, 0.3) is 21.8 Å². The number of hydrogen-bond donors (Lipinski definition) is 0. The van der Waals surface area contributed by atoms with E-state index in [1.807, 2.05) is 18.5 Å². The molecule has 1 aliphatic heterocycles. The maximum Gasteiger partial charge on any atom is 0.202 e. The lowest BCUT2D eigenvalue weighted by Gasteiger charge is -2.15. The van der Waals surface area contributed by atoms with Crippen molar-refractivity contribution in [1.29, 1.82) is 0 Å². The van der Waals surface area contributed by atoms with Gasteiger partial charge in [-0.15, -0.1) is 21.5 Å². The first kappa shape index (κ1) is 22.6. The second-order valence-corrected chi connectivity index (χ2v) is 11.2. The van der Waals surface area contributed by atoms with E-state index in [4.69, 9.17) is 4.42 Å². The molecule has 0 aliphatic carbocycles. The summed E-state index contributed by atoms with van der Waals surface area (Å²) in [5.41, 5.74) is 3.42. The zero-order valence-electron chi connectivity index (χ0n) is 19.5. The molecule has 174 valence electrons. The van der Waals surface area contributed by atoms with E-state index < -0.39 is 0 Å². The van der Waals surface area contributed by atoms with Crippen LogP contribution in [0, 0.1) is 19.8 Å². The number of likely N-dealkylation sites (tertiary alicyclic amines) is 1. The molecule has 0 spiro atoms. The molecule has 0 amide bonds. The Morgan fingerprint density at radius 2 is 2.15 bits per heavy atom. The van der Waals surface area contributed by atoms with Crippen molar-refractivity contribution in [1.82, 2.24) is 29.6 Å². The van der Waals surface area contributed by atoms with E-state index in [-0.39, 0.29) is 0 Å². The van der Waals surface area contributed by atoms with Gasteiger partial charge in [-0.2, -0.15) is 0 Å². The fraction of sp³-hybridized carbons (Fsp3) is 0.500. The summed E-state index contributed by atoms with van der Waals surface area (Å²) >= 11 is 3.56. The van der Waals surface area contributed by atoms with Crippen molar-refractivity contribution in [3.05, 3.63) is 40.9 Å². The van der Waals surface area contributed by atoms with Crippen LogP contribution in [0.1, 0.15) is 35.5 Å². The lowest BCUT2D eigenvalue weighted by atomic mass is 9.99. The number of benzene rings is 1. The highest BCUT2D eigenvalue weighted by Gasteiger charge is 2.22. The first-order valence-electron chi connectivity index (χ1n) is 11.6. The average molecular weight is 483 g/mol. The number of aromatic nitrogens is 5. The summed E-state index contributed by atoms with van der Waals surface area (Å²) in [6, 6.07) is 6.78. The Hall–Kier alpha value is -2.23. The quantitative estimate of drug-likeness (QED) is 0.242. The number of thioether (sulfide) groups is 1. The number of nitrogens with zero attached hydrogens (tertiary/aromatic N) is 6. The summed E-state index contributed by atoms with van der Waals surface area (Å²) in [6.45, 7) is 7.61.